The van der Waals surface area contributed by atoms with Crippen LogP contribution in [0.4, 0.5) is 5.82 Å². The summed E-state index contributed by atoms with van der Waals surface area (Å²) in [4.78, 5) is 24.1. The topological polar surface area (TPSA) is 78.1 Å². The Morgan fingerprint density at radius 2 is 1.91 bits per heavy atom. The predicted octanol–water partition coefficient (Wildman–Crippen LogP) is 4.04. The molecular weight excluding hydrogens is 416 g/mol. The normalized spacial score (nSPS) is 18.2. The van der Waals surface area contributed by atoms with Gasteiger partial charge in [-0.15, -0.1) is 0 Å². The minimum Gasteiger partial charge on any atom is -0.465 e. The fourth-order valence-electron chi connectivity index (χ4n) is 4.78. The number of hydrogen-bond acceptors (Lipinski definition) is 6. The van der Waals surface area contributed by atoms with Gasteiger partial charge in [-0.3, -0.25) is 4.68 Å². The summed E-state index contributed by atoms with van der Waals surface area (Å²) in [6.07, 6.45) is 6.20. The van der Waals surface area contributed by atoms with Crippen LogP contribution in [0.25, 0.3) is 22.4 Å². The SMILES string of the molecule is COC(=O)c1ccc2c(c1)nc(-c1ccc(N3[C@@H](C)CC[C@@H]3C)nc1)n2Cc1ccn(C)n1. The van der Waals surface area contributed by atoms with E-state index in [9.17, 15) is 4.79 Å². The molecule has 0 aliphatic carbocycles. The average molecular weight is 445 g/mol. The highest BCUT2D eigenvalue weighted by molar-refractivity contribution is 5.94. The molecule has 0 N–H and O–H groups in total. The molecule has 0 radical (unpaired) electrons. The van der Waals surface area contributed by atoms with Crippen molar-refractivity contribution in [1.29, 1.82) is 0 Å². The largest absolute Gasteiger partial charge is 0.465 e. The molecule has 3 aromatic heterocycles. The minimum absolute atomic E-state index is 0.377. The highest BCUT2D eigenvalue weighted by atomic mass is 16.5. The lowest BCUT2D eigenvalue weighted by Gasteiger charge is -2.27. The Bertz CT molecular complexity index is 1300. The first kappa shape index (κ1) is 21.2. The highest BCUT2D eigenvalue weighted by Gasteiger charge is 2.28. The zero-order valence-corrected chi connectivity index (χ0v) is 19.4. The summed E-state index contributed by atoms with van der Waals surface area (Å²) < 4.78 is 8.79. The molecule has 4 heterocycles. The van der Waals surface area contributed by atoms with Crippen LogP contribution in [0.2, 0.25) is 0 Å². The van der Waals surface area contributed by atoms with Gasteiger partial charge in [-0.05, 0) is 63.1 Å². The van der Waals surface area contributed by atoms with Crippen LogP contribution in [-0.2, 0) is 18.3 Å². The maximum atomic E-state index is 12.0. The minimum atomic E-state index is -0.377. The number of carbonyl (C=O) groups excluding carboxylic acids is 1. The monoisotopic (exact) mass is 444 g/mol. The standard InChI is InChI=1S/C25H28N6O2/c1-16-5-6-17(2)31(16)23-10-8-19(14-26-23)24-27-21-13-18(25(32)33-4)7-9-22(21)30(24)15-20-11-12-29(3)28-20/h7-14,16-17H,5-6,15H2,1-4H3/t16-,17-/m0/s1. The number of aromatic nitrogens is 5. The second-order valence-corrected chi connectivity index (χ2v) is 8.79. The molecule has 33 heavy (non-hydrogen) atoms. The molecule has 170 valence electrons. The summed E-state index contributed by atoms with van der Waals surface area (Å²) in [5.74, 6) is 1.41. The number of pyridine rings is 1. The van der Waals surface area contributed by atoms with Gasteiger partial charge in [-0.25, -0.2) is 14.8 Å². The Morgan fingerprint density at radius 3 is 2.55 bits per heavy atom. The van der Waals surface area contributed by atoms with Crippen LogP contribution in [0.1, 0.15) is 42.7 Å². The summed E-state index contributed by atoms with van der Waals surface area (Å²) in [7, 11) is 3.29. The number of benzene rings is 1. The van der Waals surface area contributed by atoms with Crippen molar-refractivity contribution in [2.75, 3.05) is 12.0 Å². The number of carbonyl (C=O) groups is 1. The number of methoxy groups -OCH3 is 1. The van der Waals surface area contributed by atoms with E-state index in [1.165, 1.54) is 20.0 Å². The number of imidazole rings is 1. The van der Waals surface area contributed by atoms with E-state index >= 15 is 0 Å². The van der Waals surface area contributed by atoms with Crippen molar-refractivity contribution in [2.45, 2.75) is 45.3 Å². The molecule has 1 fully saturated rings. The first-order valence-corrected chi connectivity index (χ1v) is 11.3. The summed E-state index contributed by atoms with van der Waals surface area (Å²) in [5, 5.41) is 4.54. The van der Waals surface area contributed by atoms with Crippen LogP contribution in [0, 0.1) is 0 Å². The fraction of sp³-hybridized carbons (Fsp3) is 0.360. The molecule has 0 saturated carbocycles. The van der Waals surface area contributed by atoms with Gasteiger partial charge in [0.1, 0.15) is 11.6 Å². The van der Waals surface area contributed by atoms with E-state index < -0.39 is 0 Å². The van der Waals surface area contributed by atoms with Crippen LogP contribution in [0.15, 0.2) is 48.8 Å². The van der Waals surface area contributed by atoms with Crippen LogP contribution in [0.3, 0.4) is 0 Å². The lowest BCUT2D eigenvalue weighted by Crippen LogP contribution is -2.33. The molecule has 1 saturated heterocycles. The highest BCUT2D eigenvalue weighted by Crippen LogP contribution is 2.31. The van der Waals surface area contributed by atoms with E-state index in [-0.39, 0.29) is 5.97 Å². The van der Waals surface area contributed by atoms with Gasteiger partial charge in [0, 0.05) is 37.1 Å². The van der Waals surface area contributed by atoms with Crippen molar-refractivity contribution in [2.24, 2.45) is 7.05 Å². The van der Waals surface area contributed by atoms with Crippen molar-refractivity contribution >= 4 is 22.8 Å². The van der Waals surface area contributed by atoms with E-state index in [1.807, 2.05) is 31.6 Å². The van der Waals surface area contributed by atoms with Gasteiger partial charge in [-0.2, -0.15) is 5.10 Å². The van der Waals surface area contributed by atoms with Crippen molar-refractivity contribution in [1.82, 2.24) is 24.3 Å². The van der Waals surface area contributed by atoms with Crippen LogP contribution >= 0.6 is 0 Å². The Labute approximate surface area is 192 Å². The van der Waals surface area contributed by atoms with Gasteiger partial charge in [0.2, 0.25) is 0 Å². The quantitative estimate of drug-likeness (QED) is 0.432. The molecule has 2 atom stereocenters. The number of nitrogens with zero attached hydrogens (tertiary/aromatic N) is 6. The second-order valence-electron chi connectivity index (χ2n) is 8.79. The molecular formula is C25H28N6O2. The molecule has 0 bridgehead atoms. The molecule has 1 aromatic carbocycles. The van der Waals surface area contributed by atoms with E-state index in [4.69, 9.17) is 14.7 Å². The average Bonchev–Trinajstić information content (AvgIpc) is 3.50. The van der Waals surface area contributed by atoms with Gasteiger partial charge < -0.3 is 14.2 Å². The zero-order chi connectivity index (χ0) is 23.1. The van der Waals surface area contributed by atoms with E-state index in [0.717, 1.165) is 33.9 Å². The maximum absolute atomic E-state index is 12.0. The zero-order valence-electron chi connectivity index (χ0n) is 19.4. The third-order valence-corrected chi connectivity index (χ3v) is 6.48. The van der Waals surface area contributed by atoms with Gasteiger partial charge >= 0.3 is 5.97 Å². The molecule has 0 unspecified atom stereocenters. The Hall–Kier alpha value is -3.68. The number of esters is 1. The number of anilines is 1. The van der Waals surface area contributed by atoms with Crippen LogP contribution in [0.5, 0.6) is 0 Å². The summed E-state index contributed by atoms with van der Waals surface area (Å²) in [6, 6.07) is 12.6. The van der Waals surface area contributed by atoms with E-state index in [1.54, 1.807) is 16.8 Å². The molecule has 5 rings (SSSR count). The number of ether oxygens (including phenoxy) is 1. The van der Waals surface area contributed by atoms with Crippen molar-refractivity contribution in [3.63, 3.8) is 0 Å². The Kier molecular flexibility index (Phi) is 5.36. The third kappa shape index (κ3) is 3.86. The number of hydrogen-bond donors (Lipinski definition) is 0. The fourth-order valence-corrected chi connectivity index (χ4v) is 4.78. The second kappa shape index (κ2) is 8.35. The first-order valence-electron chi connectivity index (χ1n) is 11.3. The Morgan fingerprint density at radius 1 is 1.12 bits per heavy atom. The predicted molar refractivity (Wildman–Crippen MR) is 127 cm³/mol. The molecule has 4 aromatic rings. The smallest absolute Gasteiger partial charge is 0.337 e. The number of aryl methyl sites for hydroxylation is 1. The van der Waals surface area contributed by atoms with Gasteiger partial charge in [0.15, 0.2) is 0 Å². The lowest BCUT2D eigenvalue weighted by atomic mass is 10.2. The molecule has 1 aliphatic rings. The molecule has 0 amide bonds. The Balaban J connectivity index is 1.58. The maximum Gasteiger partial charge on any atom is 0.337 e. The van der Waals surface area contributed by atoms with Crippen molar-refractivity contribution in [3.8, 4) is 11.4 Å². The summed E-state index contributed by atoms with van der Waals surface area (Å²) in [5.41, 5.74) is 3.98. The van der Waals surface area contributed by atoms with Crippen molar-refractivity contribution in [3.05, 3.63) is 60.0 Å². The molecule has 8 nitrogen and oxygen atoms in total. The van der Waals surface area contributed by atoms with E-state index in [2.05, 4.69) is 40.5 Å². The lowest BCUT2D eigenvalue weighted by molar-refractivity contribution is 0.0601. The summed E-state index contributed by atoms with van der Waals surface area (Å²) in [6.45, 7) is 5.07. The van der Waals surface area contributed by atoms with Crippen molar-refractivity contribution < 1.29 is 9.53 Å². The van der Waals surface area contributed by atoms with Gasteiger partial charge in [0.25, 0.3) is 0 Å². The van der Waals surface area contributed by atoms with E-state index in [0.29, 0.717) is 24.2 Å². The number of fused-ring (bicyclic) bond motifs is 1. The third-order valence-electron chi connectivity index (χ3n) is 6.48. The van der Waals surface area contributed by atoms with Crippen LogP contribution in [-0.4, -0.2) is 49.5 Å². The van der Waals surface area contributed by atoms with Crippen LogP contribution < -0.4 is 4.90 Å². The van der Waals surface area contributed by atoms with Gasteiger partial charge in [-0.1, -0.05) is 0 Å². The number of rotatable bonds is 5. The first-order chi connectivity index (χ1) is 15.9. The summed E-state index contributed by atoms with van der Waals surface area (Å²) >= 11 is 0. The molecule has 0 spiro atoms. The molecule has 8 heteroatoms. The van der Waals surface area contributed by atoms with Gasteiger partial charge in [0.05, 0.1) is 35.9 Å². The molecule has 1 aliphatic heterocycles.